The molecule has 1 aliphatic carbocycles. The third-order valence-corrected chi connectivity index (χ3v) is 5.41. The molecule has 2 heterocycles. The van der Waals surface area contributed by atoms with Crippen LogP contribution in [0.15, 0.2) is 6.07 Å². The topological polar surface area (TPSA) is 43.3 Å². The summed E-state index contributed by atoms with van der Waals surface area (Å²) in [4.78, 5) is 12.6. The minimum Gasteiger partial charge on any atom is -0.377 e. The van der Waals surface area contributed by atoms with Gasteiger partial charge in [0.25, 0.3) is 0 Å². The number of carbonyl (C=O) groups is 1. The Morgan fingerprint density at radius 2 is 2.00 bits per heavy atom. The van der Waals surface area contributed by atoms with Crippen LogP contribution in [-0.4, -0.2) is 36.2 Å². The van der Waals surface area contributed by atoms with E-state index in [9.17, 15) is 4.79 Å². The maximum absolute atomic E-state index is 12.6. The highest BCUT2D eigenvalue weighted by Gasteiger charge is 2.22. The van der Waals surface area contributed by atoms with Crippen molar-refractivity contribution in [3.63, 3.8) is 0 Å². The predicted molar refractivity (Wildman–Crippen MR) is 92.2 cm³/mol. The van der Waals surface area contributed by atoms with E-state index < -0.39 is 0 Å². The molecule has 0 radical (unpaired) electrons. The molecule has 128 valence electrons. The molecule has 1 N–H and O–H groups in total. The van der Waals surface area contributed by atoms with Gasteiger partial charge in [-0.2, -0.15) is 0 Å². The minimum absolute atomic E-state index is 0.207. The molecule has 0 bridgehead atoms. The highest BCUT2D eigenvalue weighted by Crippen LogP contribution is 2.32. The van der Waals surface area contributed by atoms with Crippen molar-refractivity contribution >= 4 is 5.78 Å². The molecular formula is C19H30N2O2. The summed E-state index contributed by atoms with van der Waals surface area (Å²) >= 11 is 0. The number of hydrogen-bond donors (Lipinski definition) is 1. The van der Waals surface area contributed by atoms with Gasteiger partial charge in [0, 0.05) is 36.1 Å². The average molecular weight is 318 g/mol. The fourth-order valence-corrected chi connectivity index (χ4v) is 4.21. The fourth-order valence-electron chi connectivity index (χ4n) is 4.21. The molecule has 1 aliphatic heterocycles. The molecule has 1 atom stereocenters. The van der Waals surface area contributed by atoms with Crippen LogP contribution in [0.25, 0.3) is 0 Å². The third-order valence-electron chi connectivity index (χ3n) is 5.41. The van der Waals surface area contributed by atoms with Gasteiger partial charge in [-0.05, 0) is 45.6 Å². The Morgan fingerprint density at radius 1 is 1.22 bits per heavy atom. The zero-order valence-corrected chi connectivity index (χ0v) is 14.6. The molecule has 2 fully saturated rings. The lowest BCUT2D eigenvalue weighted by Gasteiger charge is -2.26. The van der Waals surface area contributed by atoms with Crippen molar-refractivity contribution in [2.75, 3.05) is 19.7 Å². The van der Waals surface area contributed by atoms with Gasteiger partial charge < -0.3 is 14.6 Å². The van der Waals surface area contributed by atoms with Gasteiger partial charge in [0.05, 0.1) is 12.6 Å². The van der Waals surface area contributed by atoms with Gasteiger partial charge in [0.2, 0.25) is 0 Å². The van der Waals surface area contributed by atoms with Crippen LogP contribution in [0.3, 0.4) is 0 Å². The second-order valence-corrected chi connectivity index (χ2v) is 7.14. The van der Waals surface area contributed by atoms with Gasteiger partial charge in [0.15, 0.2) is 5.78 Å². The molecule has 4 nitrogen and oxygen atoms in total. The lowest BCUT2D eigenvalue weighted by atomic mass is 9.95. The molecule has 1 unspecified atom stereocenters. The van der Waals surface area contributed by atoms with Gasteiger partial charge in [-0.1, -0.05) is 19.3 Å². The molecule has 4 heteroatoms. The quantitative estimate of drug-likeness (QED) is 0.816. The fraction of sp³-hybridized carbons (Fsp3) is 0.737. The lowest BCUT2D eigenvalue weighted by molar-refractivity contribution is 0.0955. The Hall–Kier alpha value is -1.13. The van der Waals surface area contributed by atoms with Gasteiger partial charge in [0.1, 0.15) is 0 Å². The summed E-state index contributed by atoms with van der Waals surface area (Å²) in [5.41, 5.74) is 3.28. The van der Waals surface area contributed by atoms with Crippen LogP contribution < -0.4 is 5.32 Å². The molecule has 3 rings (SSSR count). The number of rotatable bonds is 6. The number of aromatic nitrogens is 1. The Kier molecular flexibility index (Phi) is 5.54. The Labute approximate surface area is 139 Å². The number of carbonyl (C=O) groups excluding carboxylic acids is 1. The number of Topliss-reactive ketones (excluding diaryl/α,β-unsaturated/α-hetero) is 1. The second kappa shape index (κ2) is 7.63. The third kappa shape index (κ3) is 3.86. The molecule has 1 saturated carbocycles. The van der Waals surface area contributed by atoms with Crippen LogP contribution in [-0.2, 0) is 4.74 Å². The second-order valence-electron chi connectivity index (χ2n) is 7.14. The van der Waals surface area contributed by atoms with Crippen LogP contribution in [0.4, 0.5) is 0 Å². The van der Waals surface area contributed by atoms with Crippen molar-refractivity contribution in [2.45, 2.75) is 70.9 Å². The number of nitrogens with one attached hydrogen (secondary N) is 1. The monoisotopic (exact) mass is 318 g/mol. The van der Waals surface area contributed by atoms with E-state index in [1.54, 1.807) is 0 Å². The van der Waals surface area contributed by atoms with Crippen molar-refractivity contribution in [3.8, 4) is 0 Å². The highest BCUT2D eigenvalue weighted by molar-refractivity contribution is 5.99. The molecule has 23 heavy (non-hydrogen) atoms. The number of ketones is 1. The number of ether oxygens (including phenoxy) is 1. The molecule has 1 aromatic rings. The van der Waals surface area contributed by atoms with Gasteiger partial charge in [-0.3, -0.25) is 4.79 Å². The Bertz CT molecular complexity index is 538. The van der Waals surface area contributed by atoms with E-state index in [1.807, 2.05) is 0 Å². The highest BCUT2D eigenvalue weighted by atomic mass is 16.5. The Morgan fingerprint density at radius 3 is 2.70 bits per heavy atom. The van der Waals surface area contributed by atoms with E-state index in [1.165, 1.54) is 37.8 Å². The average Bonchev–Trinajstić information content (AvgIpc) is 3.16. The van der Waals surface area contributed by atoms with Crippen molar-refractivity contribution in [1.29, 1.82) is 0 Å². The number of hydrogen-bond acceptors (Lipinski definition) is 3. The van der Waals surface area contributed by atoms with E-state index in [-0.39, 0.29) is 11.9 Å². The van der Waals surface area contributed by atoms with Gasteiger partial charge in [-0.15, -0.1) is 0 Å². The molecule has 0 amide bonds. The first kappa shape index (κ1) is 16.7. The summed E-state index contributed by atoms with van der Waals surface area (Å²) in [6, 6.07) is 2.67. The number of aryl methyl sites for hydroxylation is 1. The van der Waals surface area contributed by atoms with Crippen LogP contribution in [0, 0.1) is 13.8 Å². The van der Waals surface area contributed by atoms with Crippen LogP contribution in [0.2, 0.25) is 0 Å². The molecule has 1 aromatic heterocycles. The summed E-state index contributed by atoms with van der Waals surface area (Å²) < 4.78 is 8.00. The van der Waals surface area contributed by atoms with E-state index in [4.69, 9.17) is 4.74 Å². The van der Waals surface area contributed by atoms with Gasteiger partial charge >= 0.3 is 0 Å². The molecule has 1 saturated heterocycles. The van der Waals surface area contributed by atoms with Gasteiger partial charge in [-0.25, -0.2) is 0 Å². The molecule has 2 aliphatic rings. The standard InChI is InChI=1S/C19H30N2O2/c1-14-11-18(15(2)21(14)16-7-4-3-5-8-16)19(22)13-20-12-17-9-6-10-23-17/h11,16-17,20H,3-10,12-13H2,1-2H3. The minimum atomic E-state index is 0.207. The van der Waals surface area contributed by atoms with Crippen LogP contribution >= 0.6 is 0 Å². The maximum Gasteiger partial charge on any atom is 0.178 e. The molecule has 0 spiro atoms. The zero-order valence-electron chi connectivity index (χ0n) is 14.6. The number of nitrogens with zero attached hydrogens (tertiary/aromatic N) is 1. The first-order valence-corrected chi connectivity index (χ1v) is 9.20. The summed E-state index contributed by atoms with van der Waals surface area (Å²) in [6.45, 7) is 6.30. The van der Waals surface area contributed by atoms with E-state index in [0.29, 0.717) is 12.6 Å². The molecule has 0 aromatic carbocycles. The van der Waals surface area contributed by atoms with Crippen molar-refractivity contribution in [2.24, 2.45) is 0 Å². The van der Waals surface area contributed by atoms with E-state index in [0.717, 1.165) is 37.3 Å². The first-order valence-electron chi connectivity index (χ1n) is 9.20. The van der Waals surface area contributed by atoms with Crippen molar-refractivity contribution in [3.05, 3.63) is 23.0 Å². The van der Waals surface area contributed by atoms with Crippen molar-refractivity contribution < 1.29 is 9.53 Å². The predicted octanol–water partition coefficient (Wildman–Crippen LogP) is 3.56. The summed E-state index contributed by atoms with van der Waals surface area (Å²) in [7, 11) is 0. The van der Waals surface area contributed by atoms with E-state index >= 15 is 0 Å². The van der Waals surface area contributed by atoms with E-state index in [2.05, 4.69) is 29.8 Å². The smallest absolute Gasteiger partial charge is 0.178 e. The van der Waals surface area contributed by atoms with Crippen LogP contribution in [0.5, 0.6) is 0 Å². The maximum atomic E-state index is 12.6. The van der Waals surface area contributed by atoms with Crippen LogP contribution in [0.1, 0.15) is 72.7 Å². The Balaban J connectivity index is 1.61. The lowest BCUT2D eigenvalue weighted by Crippen LogP contribution is -2.31. The molecular weight excluding hydrogens is 288 g/mol. The summed E-state index contributed by atoms with van der Waals surface area (Å²) in [5, 5.41) is 3.28. The normalized spacial score (nSPS) is 22.6. The largest absolute Gasteiger partial charge is 0.377 e. The summed E-state index contributed by atoms with van der Waals surface area (Å²) in [5.74, 6) is 0.207. The zero-order chi connectivity index (χ0) is 16.2. The summed E-state index contributed by atoms with van der Waals surface area (Å²) in [6.07, 6.45) is 9.02. The van der Waals surface area contributed by atoms with Crippen molar-refractivity contribution in [1.82, 2.24) is 9.88 Å². The SMILES string of the molecule is Cc1cc(C(=O)CNCC2CCCO2)c(C)n1C1CCCCC1. The first-order chi connectivity index (χ1) is 11.2.